The van der Waals surface area contributed by atoms with E-state index in [1.165, 1.54) is 25.4 Å². The average Bonchev–Trinajstić information content (AvgIpc) is 2.61. The fourth-order valence-electron chi connectivity index (χ4n) is 1.73. The highest BCUT2D eigenvalue weighted by atomic mass is 35.5. The van der Waals surface area contributed by atoms with Crippen LogP contribution in [0.3, 0.4) is 0 Å². The minimum absolute atomic E-state index is 0.0154. The highest BCUT2D eigenvalue weighted by molar-refractivity contribution is 7.99. The molecule has 0 spiro atoms. The van der Waals surface area contributed by atoms with Crippen LogP contribution in [0.4, 0.5) is 11.5 Å². The number of nitrogens with one attached hydrogen (secondary N) is 1. The molecule has 128 valence electrons. The second-order valence-corrected chi connectivity index (χ2v) is 5.94. The molecular formula is C15H12ClN5O3S. The molecule has 2 aromatic rings. The molecule has 0 radical (unpaired) electrons. The first-order chi connectivity index (χ1) is 11.9. The standard InChI is InChI=1S/C15H12ClN5O3S/c1-24-14(23)10-4-9(2-3-11(10)16)20-12(22)7-25-15-19-6-8(5-17)13(18)21-15/h2-4,6H,7H2,1H3,(H,20,22)(H2,18,19,21). The van der Waals surface area contributed by atoms with Crippen molar-refractivity contribution in [3.63, 3.8) is 0 Å². The van der Waals surface area contributed by atoms with E-state index in [1.807, 2.05) is 6.07 Å². The maximum atomic E-state index is 12.0. The van der Waals surface area contributed by atoms with E-state index >= 15 is 0 Å². The molecule has 3 N–H and O–H groups in total. The Hall–Kier alpha value is -2.83. The van der Waals surface area contributed by atoms with E-state index in [0.29, 0.717) is 5.69 Å². The predicted octanol–water partition coefficient (Wildman–Crippen LogP) is 2.10. The number of carbonyl (C=O) groups is 2. The van der Waals surface area contributed by atoms with Crippen molar-refractivity contribution in [1.82, 2.24) is 9.97 Å². The summed E-state index contributed by atoms with van der Waals surface area (Å²) >= 11 is 6.98. The van der Waals surface area contributed by atoms with Crippen molar-refractivity contribution in [2.45, 2.75) is 5.16 Å². The fraction of sp³-hybridized carbons (Fsp3) is 0.133. The van der Waals surface area contributed by atoms with E-state index in [9.17, 15) is 9.59 Å². The Morgan fingerprint density at radius 3 is 2.88 bits per heavy atom. The summed E-state index contributed by atoms with van der Waals surface area (Å²) in [6, 6.07) is 6.33. The lowest BCUT2D eigenvalue weighted by molar-refractivity contribution is -0.113. The topological polar surface area (TPSA) is 131 Å². The molecule has 25 heavy (non-hydrogen) atoms. The van der Waals surface area contributed by atoms with Crippen molar-refractivity contribution in [1.29, 1.82) is 5.26 Å². The molecule has 0 saturated carbocycles. The Morgan fingerprint density at radius 1 is 1.48 bits per heavy atom. The summed E-state index contributed by atoms with van der Waals surface area (Å²) in [5.41, 5.74) is 6.31. The summed E-state index contributed by atoms with van der Waals surface area (Å²) in [6.07, 6.45) is 1.30. The highest BCUT2D eigenvalue weighted by Gasteiger charge is 2.13. The van der Waals surface area contributed by atoms with Crippen LogP contribution in [0.2, 0.25) is 5.02 Å². The van der Waals surface area contributed by atoms with Crippen LogP contribution in [0, 0.1) is 11.3 Å². The summed E-state index contributed by atoms with van der Waals surface area (Å²) in [6.45, 7) is 0. The van der Waals surface area contributed by atoms with Gasteiger partial charge < -0.3 is 15.8 Å². The molecule has 1 amide bonds. The van der Waals surface area contributed by atoms with Gasteiger partial charge in [-0.15, -0.1) is 0 Å². The molecule has 0 unspecified atom stereocenters. The first-order valence-electron chi connectivity index (χ1n) is 6.77. The second-order valence-electron chi connectivity index (χ2n) is 4.59. The third-order valence-electron chi connectivity index (χ3n) is 2.90. The Morgan fingerprint density at radius 2 is 2.24 bits per heavy atom. The lowest BCUT2D eigenvalue weighted by atomic mass is 10.2. The van der Waals surface area contributed by atoms with Crippen LogP contribution in [0.5, 0.6) is 0 Å². The normalized spacial score (nSPS) is 9.96. The molecule has 1 aromatic carbocycles. The Kier molecular flexibility index (Phi) is 6.16. The van der Waals surface area contributed by atoms with Crippen molar-refractivity contribution in [2.75, 3.05) is 23.9 Å². The van der Waals surface area contributed by atoms with Gasteiger partial charge in [0.1, 0.15) is 17.5 Å². The molecule has 1 aromatic heterocycles. The van der Waals surface area contributed by atoms with Gasteiger partial charge >= 0.3 is 5.97 Å². The maximum absolute atomic E-state index is 12.0. The number of hydrogen-bond donors (Lipinski definition) is 2. The number of aromatic nitrogens is 2. The van der Waals surface area contributed by atoms with E-state index in [-0.39, 0.29) is 38.8 Å². The van der Waals surface area contributed by atoms with Gasteiger partial charge in [-0.1, -0.05) is 23.4 Å². The average molecular weight is 378 g/mol. The van der Waals surface area contributed by atoms with Crippen molar-refractivity contribution in [3.8, 4) is 6.07 Å². The third-order valence-corrected chi connectivity index (χ3v) is 4.10. The Labute approximate surface area is 152 Å². The summed E-state index contributed by atoms with van der Waals surface area (Å²) in [5.74, 6) is -0.867. The summed E-state index contributed by atoms with van der Waals surface area (Å²) in [7, 11) is 1.24. The monoisotopic (exact) mass is 377 g/mol. The van der Waals surface area contributed by atoms with Gasteiger partial charge in [-0.3, -0.25) is 4.79 Å². The number of nitrogens with zero attached hydrogens (tertiary/aromatic N) is 3. The highest BCUT2D eigenvalue weighted by Crippen LogP contribution is 2.22. The zero-order valence-corrected chi connectivity index (χ0v) is 14.5. The number of amides is 1. The van der Waals surface area contributed by atoms with Crippen molar-refractivity contribution in [2.24, 2.45) is 0 Å². The summed E-state index contributed by atoms with van der Waals surface area (Å²) < 4.78 is 4.62. The molecule has 0 bridgehead atoms. The van der Waals surface area contributed by atoms with Gasteiger partial charge in [0.15, 0.2) is 5.16 Å². The van der Waals surface area contributed by atoms with Gasteiger partial charge in [-0.2, -0.15) is 5.26 Å². The minimum Gasteiger partial charge on any atom is -0.465 e. The fourth-order valence-corrected chi connectivity index (χ4v) is 2.55. The predicted molar refractivity (Wildman–Crippen MR) is 93.3 cm³/mol. The van der Waals surface area contributed by atoms with Crippen molar-refractivity contribution in [3.05, 3.63) is 40.5 Å². The SMILES string of the molecule is COC(=O)c1cc(NC(=O)CSc2ncc(C#N)c(N)n2)ccc1Cl. The number of benzene rings is 1. The van der Waals surface area contributed by atoms with E-state index in [4.69, 9.17) is 22.6 Å². The number of nitriles is 1. The molecule has 1 heterocycles. The maximum Gasteiger partial charge on any atom is 0.339 e. The minimum atomic E-state index is -0.600. The van der Waals surface area contributed by atoms with Gasteiger partial charge in [0.25, 0.3) is 0 Å². The second kappa shape index (κ2) is 8.32. The molecule has 0 aliphatic carbocycles. The number of anilines is 2. The first kappa shape index (κ1) is 18.5. The first-order valence-corrected chi connectivity index (χ1v) is 8.14. The summed E-state index contributed by atoms with van der Waals surface area (Å²) in [4.78, 5) is 31.5. The number of nitrogens with two attached hydrogens (primary N) is 1. The van der Waals surface area contributed by atoms with Gasteiger partial charge in [0.2, 0.25) is 5.91 Å². The number of rotatable bonds is 5. The number of thioether (sulfide) groups is 1. The van der Waals surface area contributed by atoms with Gasteiger partial charge in [0.05, 0.1) is 29.6 Å². The number of hydrogen-bond acceptors (Lipinski definition) is 8. The summed E-state index contributed by atoms with van der Waals surface area (Å²) in [5, 5.41) is 11.9. The Bertz CT molecular complexity index is 869. The molecule has 0 fully saturated rings. The lowest BCUT2D eigenvalue weighted by Gasteiger charge is -2.08. The molecule has 8 nitrogen and oxygen atoms in total. The third kappa shape index (κ3) is 4.82. The van der Waals surface area contributed by atoms with Crippen molar-refractivity contribution >= 4 is 46.7 Å². The number of ether oxygens (including phenoxy) is 1. The number of halogens is 1. The number of carbonyl (C=O) groups excluding carboxylic acids is 2. The molecule has 0 atom stereocenters. The van der Waals surface area contributed by atoms with E-state index in [2.05, 4.69) is 20.0 Å². The quantitative estimate of drug-likeness (QED) is 0.460. The molecule has 2 rings (SSSR count). The number of methoxy groups -OCH3 is 1. The van der Waals surface area contributed by atoms with Crippen LogP contribution < -0.4 is 11.1 Å². The van der Waals surface area contributed by atoms with Crippen LogP contribution >= 0.6 is 23.4 Å². The number of nitrogen functional groups attached to an aromatic ring is 1. The van der Waals surface area contributed by atoms with E-state index in [1.54, 1.807) is 6.07 Å². The molecule has 10 heteroatoms. The zero-order chi connectivity index (χ0) is 18.4. The molecular weight excluding hydrogens is 366 g/mol. The number of esters is 1. The molecule has 0 aliphatic rings. The van der Waals surface area contributed by atoms with Gasteiger partial charge in [-0.05, 0) is 18.2 Å². The Balaban J connectivity index is 2.00. The lowest BCUT2D eigenvalue weighted by Crippen LogP contribution is -2.15. The van der Waals surface area contributed by atoms with Gasteiger partial charge in [-0.25, -0.2) is 14.8 Å². The van der Waals surface area contributed by atoms with Crippen LogP contribution in [0.15, 0.2) is 29.6 Å². The van der Waals surface area contributed by atoms with Crippen molar-refractivity contribution < 1.29 is 14.3 Å². The van der Waals surface area contributed by atoms with Crippen LogP contribution in [-0.4, -0.2) is 34.7 Å². The largest absolute Gasteiger partial charge is 0.465 e. The van der Waals surface area contributed by atoms with Crippen LogP contribution in [-0.2, 0) is 9.53 Å². The van der Waals surface area contributed by atoms with E-state index in [0.717, 1.165) is 11.8 Å². The van der Waals surface area contributed by atoms with Crippen LogP contribution in [0.25, 0.3) is 0 Å². The van der Waals surface area contributed by atoms with Gasteiger partial charge in [0, 0.05) is 5.69 Å². The van der Waals surface area contributed by atoms with E-state index < -0.39 is 5.97 Å². The molecule has 0 saturated heterocycles. The molecule has 0 aliphatic heterocycles. The van der Waals surface area contributed by atoms with Crippen LogP contribution in [0.1, 0.15) is 15.9 Å². The smallest absolute Gasteiger partial charge is 0.339 e. The zero-order valence-electron chi connectivity index (χ0n) is 12.9.